The molecule has 1 amide bonds. The van der Waals surface area contributed by atoms with E-state index in [1.165, 1.54) is 0 Å². The molecule has 0 spiro atoms. The largest absolute Gasteiger partial charge is 0.481 e. The van der Waals surface area contributed by atoms with E-state index in [0.717, 1.165) is 16.2 Å². The summed E-state index contributed by atoms with van der Waals surface area (Å²) in [6.07, 6.45) is 3.31. The lowest BCUT2D eigenvalue weighted by molar-refractivity contribution is -0.127. The summed E-state index contributed by atoms with van der Waals surface area (Å²) in [7, 11) is 0. The molecule has 0 saturated carbocycles. The molecule has 0 radical (unpaired) electrons. The van der Waals surface area contributed by atoms with E-state index < -0.39 is 6.10 Å². The molecule has 0 aliphatic carbocycles. The topological polar surface area (TPSA) is 55.6 Å². The van der Waals surface area contributed by atoms with Crippen LogP contribution in [0.25, 0.3) is 4.96 Å². The molecular weight excluding hydrogens is 298 g/mol. The molecule has 0 aliphatic rings. The minimum absolute atomic E-state index is 0.155. The summed E-state index contributed by atoms with van der Waals surface area (Å²) >= 11 is 1.57. The van der Waals surface area contributed by atoms with Gasteiger partial charge in [0.25, 0.3) is 5.91 Å². The Kier molecular flexibility index (Phi) is 4.11. The van der Waals surface area contributed by atoms with Crippen LogP contribution in [0, 0.1) is 6.92 Å². The first-order chi connectivity index (χ1) is 10.6. The molecule has 1 unspecified atom stereocenters. The number of aryl methyl sites for hydroxylation is 1. The standard InChI is InChI=1S/C16H17N3O2S/c1-11-4-3-5-14(8-11)21-12(2)15(20)17-9-13-10-19-6-7-22-16(19)18-13/h3-8,10,12H,9H2,1-2H3,(H,17,20). The van der Waals surface area contributed by atoms with E-state index in [1.54, 1.807) is 18.3 Å². The maximum atomic E-state index is 12.1. The Bertz CT molecular complexity index is 765. The number of benzene rings is 1. The molecule has 3 aromatic rings. The highest BCUT2D eigenvalue weighted by molar-refractivity contribution is 7.15. The number of rotatable bonds is 5. The van der Waals surface area contributed by atoms with E-state index in [0.29, 0.717) is 12.3 Å². The zero-order chi connectivity index (χ0) is 15.5. The van der Waals surface area contributed by atoms with Gasteiger partial charge in [-0.25, -0.2) is 4.98 Å². The summed E-state index contributed by atoms with van der Waals surface area (Å²) in [6.45, 7) is 4.13. The number of nitrogens with one attached hydrogen (secondary N) is 1. The monoisotopic (exact) mass is 315 g/mol. The van der Waals surface area contributed by atoms with Crippen molar-refractivity contribution in [1.82, 2.24) is 14.7 Å². The summed E-state index contributed by atoms with van der Waals surface area (Å²) in [4.78, 5) is 17.4. The quantitative estimate of drug-likeness (QED) is 0.787. The van der Waals surface area contributed by atoms with E-state index in [9.17, 15) is 4.79 Å². The third kappa shape index (κ3) is 3.28. The summed E-state index contributed by atoms with van der Waals surface area (Å²) in [6, 6.07) is 7.66. The number of carbonyl (C=O) groups is 1. The summed E-state index contributed by atoms with van der Waals surface area (Å²) in [5, 5.41) is 4.82. The fraction of sp³-hybridized carbons (Fsp3) is 0.250. The molecule has 2 heterocycles. The second-order valence-corrected chi connectivity index (χ2v) is 5.99. The molecule has 2 aromatic heterocycles. The molecule has 22 heavy (non-hydrogen) atoms. The third-order valence-corrected chi connectivity index (χ3v) is 4.03. The molecule has 3 rings (SSSR count). The lowest BCUT2D eigenvalue weighted by Crippen LogP contribution is -2.36. The van der Waals surface area contributed by atoms with Gasteiger partial charge in [0.1, 0.15) is 5.75 Å². The van der Waals surface area contributed by atoms with Crippen LogP contribution in [0.4, 0.5) is 0 Å². The SMILES string of the molecule is Cc1cccc(OC(C)C(=O)NCc2cn3ccsc3n2)c1. The summed E-state index contributed by atoms with van der Waals surface area (Å²) in [5.74, 6) is 0.544. The van der Waals surface area contributed by atoms with Crippen LogP contribution in [-0.4, -0.2) is 21.4 Å². The predicted octanol–water partition coefficient (Wildman–Crippen LogP) is 2.79. The second kappa shape index (κ2) is 6.19. The molecule has 6 heteroatoms. The number of thiazole rings is 1. The first-order valence-electron chi connectivity index (χ1n) is 7.04. The van der Waals surface area contributed by atoms with Crippen molar-refractivity contribution < 1.29 is 9.53 Å². The van der Waals surface area contributed by atoms with Crippen LogP contribution in [0.1, 0.15) is 18.2 Å². The Hall–Kier alpha value is -2.34. The van der Waals surface area contributed by atoms with Gasteiger partial charge in [-0.15, -0.1) is 11.3 Å². The first-order valence-corrected chi connectivity index (χ1v) is 7.92. The summed E-state index contributed by atoms with van der Waals surface area (Å²) < 4.78 is 7.60. The molecular formula is C16H17N3O2S. The number of hydrogen-bond acceptors (Lipinski definition) is 4. The summed E-state index contributed by atoms with van der Waals surface area (Å²) in [5.41, 5.74) is 1.94. The Balaban J connectivity index is 1.55. The Morgan fingerprint density at radius 3 is 3.14 bits per heavy atom. The van der Waals surface area contributed by atoms with Crippen molar-refractivity contribution in [1.29, 1.82) is 0 Å². The molecule has 1 aromatic carbocycles. The minimum Gasteiger partial charge on any atom is -0.481 e. The van der Waals surface area contributed by atoms with Crippen LogP contribution < -0.4 is 10.1 Å². The average Bonchev–Trinajstić information content (AvgIpc) is 3.05. The van der Waals surface area contributed by atoms with Gasteiger partial charge < -0.3 is 10.1 Å². The van der Waals surface area contributed by atoms with Gasteiger partial charge in [-0.1, -0.05) is 12.1 Å². The second-order valence-electron chi connectivity index (χ2n) is 5.12. The van der Waals surface area contributed by atoms with Gasteiger partial charge in [0.15, 0.2) is 11.1 Å². The smallest absolute Gasteiger partial charge is 0.261 e. The Labute approximate surface area is 132 Å². The number of carbonyl (C=O) groups excluding carboxylic acids is 1. The highest BCUT2D eigenvalue weighted by atomic mass is 32.1. The van der Waals surface area contributed by atoms with Gasteiger partial charge in [-0.05, 0) is 31.5 Å². The maximum absolute atomic E-state index is 12.1. The lowest BCUT2D eigenvalue weighted by Gasteiger charge is -2.14. The Morgan fingerprint density at radius 1 is 1.50 bits per heavy atom. The first kappa shape index (κ1) is 14.6. The molecule has 1 N–H and O–H groups in total. The van der Waals surface area contributed by atoms with Crippen LogP contribution in [0.15, 0.2) is 42.0 Å². The molecule has 0 aliphatic heterocycles. The molecule has 0 saturated heterocycles. The van der Waals surface area contributed by atoms with Crippen LogP contribution in [0.2, 0.25) is 0 Å². The van der Waals surface area contributed by atoms with Crippen molar-refractivity contribution in [3.05, 3.63) is 53.3 Å². The molecule has 1 atom stereocenters. The zero-order valence-corrected chi connectivity index (χ0v) is 13.3. The van der Waals surface area contributed by atoms with E-state index in [-0.39, 0.29) is 5.91 Å². The molecule has 5 nitrogen and oxygen atoms in total. The van der Waals surface area contributed by atoms with Gasteiger partial charge in [0.05, 0.1) is 12.2 Å². The van der Waals surface area contributed by atoms with E-state index in [1.807, 2.05) is 53.4 Å². The van der Waals surface area contributed by atoms with Crippen molar-refractivity contribution in [3.8, 4) is 5.75 Å². The van der Waals surface area contributed by atoms with Gasteiger partial charge in [-0.2, -0.15) is 0 Å². The molecule has 0 bridgehead atoms. The number of fused-ring (bicyclic) bond motifs is 1. The van der Waals surface area contributed by atoms with Crippen molar-refractivity contribution in [2.24, 2.45) is 0 Å². The fourth-order valence-electron chi connectivity index (χ4n) is 2.13. The van der Waals surface area contributed by atoms with Crippen LogP contribution in [0.3, 0.4) is 0 Å². The maximum Gasteiger partial charge on any atom is 0.261 e. The third-order valence-electron chi connectivity index (χ3n) is 3.26. The van der Waals surface area contributed by atoms with E-state index in [4.69, 9.17) is 4.74 Å². The number of amides is 1. The van der Waals surface area contributed by atoms with Gasteiger partial charge in [0, 0.05) is 17.8 Å². The van der Waals surface area contributed by atoms with Gasteiger partial charge in [0.2, 0.25) is 0 Å². The zero-order valence-electron chi connectivity index (χ0n) is 12.4. The van der Waals surface area contributed by atoms with E-state index >= 15 is 0 Å². The van der Waals surface area contributed by atoms with Crippen LogP contribution in [0.5, 0.6) is 5.75 Å². The minimum atomic E-state index is -0.550. The lowest BCUT2D eigenvalue weighted by atomic mass is 10.2. The predicted molar refractivity (Wildman–Crippen MR) is 86.2 cm³/mol. The number of aromatic nitrogens is 2. The molecule has 0 fully saturated rings. The van der Waals surface area contributed by atoms with Crippen molar-refractivity contribution in [2.45, 2.75) is 26.5 Å². The highest BCUT2D eigenvalue weighted by Gasteiger charge is 2.15. The Morgan fingerprint density at radius 2 is 2.36 bits per heavy atom. The normalized spacial score (nSPS) is 12.3. The van der Waals surface area contributed by atoms with Gasteiger partial charge in [-0.3, -0.25) is 9.20 Å². The highest BCUT2D eigenvalue weighted by Crippen LogP contribution is 2.14. The van der Waals surface area contributed by atoms with Crippen LogP contribution in [-0.2, 0) is 11.3 Å². The average molecular weight is 315 g/mol. The number of nitrogens with zero attached hydrogens (tertiary/aromatic N) is 2. The number of ether oxygens (including phenoxy) is 1. The van der Waals surface area contributed by atoms with Gasteiger partial charge >= 0.3 is 0 Å². The van der Waals surface area contributed by atoms with E-state index in [2.05, 4.69) is 10.3 Å². The van der Waals surface area contributed by atoms with Crippen molar-refractivity contribution in [3.63, 3.8) is 0 Å². The number of imidazole rings is 1. The fourth-order valence-corrected chi connectivity index (χ4v) is 2.85. The van der Waals surface area contributed by atoms with Crippen molar-refractivity contribution in [2.75, 3.05) is 0 Å². The van der Waals surface area contributed by atoms with Crippen molar-refractivity contribution >= 4 is 22.2 Å². The molecule has 114 valence electrons. The number of hydrogen-bond donors (Lipinski definition) is 1. The van der Waals surface area contributed by atoms with Crippen LogP contribution >= 0.6 is 11.3 Å².